The first kappa shape index (κ1) is 17.3. The van der Waals surface area contributed by atoms with Crippen LogP contribution in [0.1, 0.15) is 17.0 Å². The van der Waals surface area contributed by atoms with Crippen LogP contribution in [0.2, 0.25) is 0 Å². The number of piperazine rings is 1. The van der Waals surface area contributed by atoms with Gasteiger partial charge in [0.1, 0.15) is 5.92 Å². The molecule has 2 amide bonds. The zero-order valence-corrected chi connectivity index (χ0v) is 15.3. The molecule has 0 spiro atoms. The van der Waals surface area contributed by atoms with E-state index in [-0.39, 0.29) is 11.8 Å². The lowest BCUT2D eigenvalue weighted by atomic mass is 9.97. The van der Waals surface area contributed by atoms with Gasteiger partial charge in [0.2, 0.25) is 12.3 Å². The molecule has 1 N–H and O–H groups in total. The van der Waals surface area contributed by atoms with E-state index in [2.05, 4.69) is 15.2 Å². The number of anilines is 2. The Balaban J connectivity index is 1.47. The van der Waals surface area contributed by atoms with Crippen molar-refractivity contribution in [1.29, 1.82) is 0 Å². The van der Waals surface area contributed by atoms with E-state index < -0.39 is 0 Å². The summed E-state index contributed by atoms with van der Waals surface area (Å²) in [6, 6.07) is 13.9. The fraction of sp³-hybridized carbons (Fsp3) is 0.286. The lowest BCUT2D eigenvalue weighted by Crippen LogP contribution is -2.45. The van der Waals surface area contributed by atoms with Crippen molar-refractivity contribution in [1.82, 2.24) is 4.90 Å². The number of nitrogens with one attached hydrogen (secondary N) is 1. The number of fused-ring (bicyclic) bond motifs is 1. The number of benzene rings is 2. The molecule has 138 valence electrons. The van der Waals surface area contributed by atoms with E-state index in [4.69, 9.17) is 0 Å². The third-order valence-electron chi connectivity index (χ3n) is 5.23. The Morgan fingerprint density at radius 2 is 1.81 bits per heavy atom. The van der Waals surface area contributed by atoms with Gasteiger partial charge in [-0.25, -0.2) is 0 Å². The van der Waals surface area contributed by atoms with E-state index in [1.54, 1.807) is 11.1 Å². The highest BCUT2D eigenvalue weighted by atomic mass is 16.2. The van der Waals surface area contributed by atoms with E-state index in [0.29, 0.717) is 0 Å². The molecule has 2 heterocycles. The van der Waals surface area contributed by atoms with Crippen LogP contribution in [0.4, 0.5) is 17.1 Å². The number of hydrogen-bond donors (Lipinski definition) is 1. The molecule has 4 rings (SSSR count). The maximum absolute atomic E-state index is 12.3. The maximum Gasteiger partial charge on any atom is 0.237 e. The number of carbonyl (C=O) groups is 2. The number of aliphatic imine (C=N–C) groups is 1. The molecular weight excluding hydrogens is 340 g/mol. The van der Waals surface area contributed by atoms with Gasteiger partial charge in [-0.1, -0.05) is 12.1 Å². The highest BCUT2D eigenvalue weighted by molar-refractivity contribution is 6.13. The first-order valence-corrected chi connectivity index (χ1v) is 9.14. The number of carbonyl (C=O) groups excluding carboxylic acids is 2. The predicted molar refractivity (Wildman–Crippen MR) is 107 cm³/mol. The van der Waals surface area contributed by atoms with Crippen molar-refractivity contribution in [2.45, 2.75) is 12.8 Å². The topological polar surface area (TPSA) is 65.0 Å². The number of hydrogen-bond acceptors (Lipinski definition) is 4. The van der Waals surface area contributed by atoms with Crippen molar-refractivity contribution in [3.63, 3.8) is 0 Å². The number of aryl methyl sites for hydroxylation is 1. The summed E-state index contributed by atoms with van der Waals surface area (Å²) >= 11 is 0. The molecule has 0 bridgehead atoms. The third kappa shape index (κ3) is 3.43. The zero-order valence-electron chi connectivity index (χ0n) is 15.3. The van der Waals surface area contributed by atoms with E-state index in [0.717, 1.165) is 60.8 Å². The molecule has 1 fully saturated rings. The molecule has 6 heteroatoms. The highest BCUT2D eigenvalue weighted by Crippen LogP contribution is 2.34. The zero-order chi connectivity index (χ0) is 18.8. The number of rotatable bonds is 4. The van der Waals surface area contributed by atoms with Gasteiger partial charge in [-0.3, -0.25) is 14.6 Å². The third-order valence-corrected chi connectivity index (χ3v) is 5.23. The second-order valence-corrected chi connectivity index (χ2v) is 6.93. The highest BCUT2D eigenvalue weighted by Gasteiger charge is 2.30. The van der Waals surface area contributed by atoms with Gasteiger partial charge in [0.25, 0.3) is 0 Å². The second-order valence-electron chi connectivity index (χ2n) is 6.93. The quantitative estimate of drug-likeness (QED) is 0.672. The average Bonchev–Trinajstić information content (AvgIpc) is 3.03. The van der Waals surface area contributed by atoms with Crippen molar-refractivity contribution in [2.24, 2.45) is 4.99 Å². The first-order valence-electron chi connectivity index (χ1n) is 9.14. The Morgan fingerprint density at radius 3 is 2.52 bits per heavy atom. The molecule has 6 nitrogen and oxygen atoms in total. The van der Waals surface area contributed by atoms with Gasteiger partial charge in [0.15, 0.2) is 0 Å². The van der Waals surface area contributed by atoms with Gasteiger partial charge < -0.3 is 15.1 Å². The molecule has 2 aromatic rings. The molecule has 0 saturated carbocycles. The minimum atomic E-state index is -0.350. The number of amides is 2. The minimum Gasteiger partial charge on any atom is -0.368 e. The van der Waals surface area contributed by atoms with Crippen LogP contribution in [0, 0.1) is 6.92 Å². The lowest BCUT2D eigenvalue weighted by molar-refractivity contribution is -0.118. The summed E-state index contributed by atoms with van der Waals surface area (Å²) < 4.78 is 0. The largest absolute Gasteiger partial charge is 0.368 e. The first-order chi connectivity index (χ1) is 13.2. The van der Waals surface area contributed by atoms with Gasteiger partial charge >= 0.3 is 0 Å². The molecule has 2 aromatic carbocycles. The van der Waals surface area contributed by atoms with Crippen molar-refractivity contribution < 1.29 is 9.59 Å². The standard InChI is InChI=1S/C21H22N4O2/c1-15-3-2-4-19-20(15)18(21(27)23-19)13-22-16-5-7-17(8-6-16)25-11-9-24(14-26)10-12-25/h2-8,13-14,18H,9-12H2,1H3,(H,23,27). The molecule has 1 unspecified atom stereocenters. The van der Waals surface area contributed by atoms with Crippen LogP contribution in [0.5, 0.6) is 0 Å². The summed E-state index contributed by atoms with van der Waals surface area (Å²) in [4.78, 5) is 31.7. The SMILES string of the molecule is Cc1cccc2c1C(C=Nc1ccc(N3CCN(C=O)CC3)cc1)C(=O)N2. The van der Waals surface area contributed by atoms with Crippen LogP contribution in [-0.4, -0.2) is 49.6 Å². The predicted octanol–water partition coefficient (Wildman–Crippen LogP) is 2.71. The summed E-state index contributed by atoms with van der Waals surface area (Å²) in [5.74, 6) is -0.384. The molecule has 1 atom stereocenters. The van der Waals surface area contributed by atoms with E-state index >= 15 is 0 Å². The fourth-order valence-electron chi connectivity index (χ4n) is 3.68. The molecule has 0 aliphatic carbocycles. The maximum atomic E-state index is 12.3. The van der Waals surface area contributed by atoms with Crippen LogP contribution in [0.15, 0.2) is 47.5 Å². The van der Waals surface area contributed by atoms with Gasteiger partial charge in [0, 0.05) is 43.8 Å². The molecule has 1 saturated heterocycles. The second kappa shape index (κ2) is 7.23. The molecular formula is C21H22N4O2. The Hall–Kier alpha value is -3.15. The van der Waals surface area contributed by atoms with E-state index in [1.165, 1.54) is 0 Å². The minimum absolute atomic E-state index is 0.0345. The Labute approximate surface area is 158 Å². The average molecular weight is 362 g/mol. The summed E-state index contributed by atoms with van der Waals surface area (Å²) in [7, 11) is 0. The summed E-state index contributed by atoms with van der Waals surface area (Å²) in [6.45, 7) is 5.18. The Morgan fingerprint density at radius 1 is 1.07 bits per heavy atom. The van der Waals surface area contributed by atoms with Crippen LogP contribution in [0.25, 0.3) is 0 Å². The van der Waals surface area contributed by atoms with Crippen LogP contribution in [0.3, 0.4) is 0 Å². The van der Waals surface area contributed by atoms with E-state index in [1.807, 2.05) is 49.4 Å². The lowest BCUT2D eigenvalue weighted by Gasteiger charge is -2.34. The smallest absolute Gasteiger partial charge is 0.237 e. The van der Waals surface area contributed by atoms with Crippen LogP contribution in [-0.2, 0) is 9.59 Å². The summed E-state index contributed by atoms with van der Waals surface area (Å²) in [5.41, 5.74) is 4.92. The van der Waals surface area contributed by atoms with Crippen LogP contribution >= 0.6 is 0 Å². The van der Waals surface area contributed by atoms with Gasteiger partial charge in [-0.05, 0) is 48.4 Å². The van der Waals surface area contributed by atoms with Crippen molar-refractivity contribution in [3.8, 4) is 0 Å². The van der Waals surface area contributed by atoms with Crippen molar-refractivity contribution in [2.75, 3.05) is 36.4 Å². The van der Waals surface area contributed by atoms with Crippen molar-refractivity contribution >= 4 is 35.6 Å². The summed E-state index contributed by atoms with van der Waals surface area (Å²) in [5, 5.41) is 2.92. The normalized spacial score (nSPS) is 19.3. The van der Waals surface area contributed by atoms with Gasteiger partial charge in [-0.15, -0.1) is 0 Å². The summed E-state index contributed by atoms with van der Waals surface area (Å²) in [6.07, 6.45) is 2.64. The fourth-order valence-corrected chi connectivity index (χ4v) is 3.68. The Bertz CT molecular complexity index is 884. The molecule has 0 radical (unpaired) electrons. The van der Waals surface area contributed by atoms with Crippen molar-refractivity contribution in [3.05, 3.63) is 53.6 Å². The molecule has 0 aromatic heterocycles. The number of nitrogens with zero attached hydrogens (tertiary/aromatic N) is 3. The van der Waals surface area contributed by atoms with Crippen LogP contribution < -0.4 is 10.2 Å². The Kier molecular flexibility index (Phi) is 4.62. The molecule has 2 aliphatic rings. The molecule has 27 heavy (non-hydrogen) atoms. The van der Waals surface area contributed by atoms with E-state index in [9.17, 15) is 9.59 Å². The van der Waals surface area contributed by atoms with Gasteiger partial charge in [-0.2, -0.15) is 0 Å². The molecule has 2 aliphatic heterocycles. The van der Waals surface area contributed by atoms with Gasteiger partial charge in [0.05, 0.1) is 5.69 Å². The monoisotopic (exact) mass is 362 g/mol.